The van der Waals surface area contributed by atoms with E-state index in [0.29, 0.717) is 17.0 Å². The van der Waals surface area contributed by atoms with Gasteiger partial charge in [0.2, 0.25) is 0 Å². The zero-order chi connectivity index (χ0) is 23.3. The fourth-order valence-electron chi connectivity index (χ4n) is 3.42. The van der Waals surface area contributed by atoms with Crippen molar-refractivity contribution >= 4 is 23.2 Å². The van der Waals surface area contributed by atoms with Gasteiger partial charge in [-0.1, -0.05) is 17.7 Å². The first-order chi connectivity index (χ1) is 15.3. The van der Waals surface area contributed by atoms with Crippen molar-refractivity contribution < 1.29 is 19.1 Å². The van der Waals surface area contributed by atoms with E-state index in [4.69, 9.17) is 9.47 Å². The molecule has 3 aromatic rings. The zero-order valence-electron chi connectivity index (χ0n) is 19.0. The van der Waals surface area contributed by atoms with Gasteiger partial charge in [0.1, 0.15) is 11.5 Å². The molecule has 0 aromatic heterocycles. The second kappa shape index (κ2) is 10.0. The maximum atomic E-state index is 12.6. The van der Waals surface area contributed by atoms with Crippen LogP contribution in [0.3, 0.4) is 0 Å². The van der Waals surface area contributed by atoms with Gasteiger partial charge in [0.15, 0.2) is 6.10 Å². The summed E-state index contributed by atoms with van der Waals surface area (Å²) in [5, 5.41) is 5.78. The van der Waals surface area contributed by atoms with Crippen LogP contribution in [0.1, 0.15) is 34.0 Å². The van der Waals surface area contributed by atoms with Gasteiger partial charge in [-0.2, -0.15) is 0 Å². The molecule has 0 heterocycles. The van der Waals surface area contributed by atoms with Crippen LogP contribution in [0.25, 0.3) is 0 Å². The SMILES string of the molecule is COc1ccc(NC(=O)c2ccc(OC(C)C(=O)Nc3c(C)cc(C)cc3C)cc2)cc1. The minimum Gasteiger partial charge on any atom is -0.497 e. The van der Waals surface area contributed by atoms with Crippen molar-refractivity contribution in [3.05, 3.63) is 82.9 Å². The first-order valence-electron chi connectivity index (χ1n) is 10.4. The Labute approximate surface area is 188 Å². The molecule has 0 aliphatic carbocycles. The van der Waals surface area contributed by atoms with E-state index in [2.05, 4.69) is 10.6 Å². The summed E-state index contributed by atoms with van der Waals surface area (Å²) in [7, 11) is 1.59. The van der Waals surface area contributed by atoms with Gasteiger partial charge >= 0.3 is 0 Å². The number of ether oxygens (including phenoxy) is 2. The van der Waals surface area contributed by atoms with Crippen LogP contribution in [0.5, 0.6) is 11.5 Å². The molecule has 0 spiro atoms. The predicted molar refractivity (Wildman–Crippen MR) is 127 cm³/mol. The molecule has 0 aliphatic rings. The van der Waals surface area contributed by atoms with E-state index in [-0.39, 0.29) is 11.8 Å². The predicted octanol–water partition coefficient (Wildman–Crippen LogP) is 5.28. The molecule has 0 fully saturated rings. The molecule has 0 bridgehead atoms. The van der Waals surface area contributed by atoms with E-state index < -0.39 is 6.10 Å². The van der Waals surface area contributed by atoms with Crippen LogP contribution in [-0.4, -0.2) is 25.0 Å². The Balaban J connectivity index is 1.59. The lowest BCUT2D eigenvalue weighted by Gasteiger charge is -2.18. The van der Waals surface area contributed by atoms with E-state index in [0.717, 1.165) is 28.1 Å². The van der Waals surface area contributed by atoms with Crippen LogP contribution in [0.15, 0.2) is 60.7 Å². The molecule has 6 heteroatoms. The first kappa shape index (κ1) is 22.9. The maximum Gasteiger partial charge on any atom is 0.265 e. The molecule has 3 aromatic carbocycles. The van der Waals surface area contributed by atoms with Gasteiger partial charge in [-0.3, -0.25) is 9.59 Å². The number of carbonyl (C=O) groups excluding carboxylic acids is 2. The van der Waals surface area contributed by atoms with Gasteiger partial charge in [-0.15, -0.1) is 0 Å². The highest BCUT2D eigenvalue weighted by Crippen LogP contribution is 2.23. The Bertz CT molecular complexity index is 1080. The number of amides is 2. The molecule has 0 saturated carbocycles. The molecular formula is C26H28N2O4. The summed E-state index contributed by atoms with van der Waals surface area (Å²) in [6, 6.07) is 17.8. The van der Waals surface area contributed by atoms with Crippen LogP contribution in [0.2, 0.25) is 0 Å². The van der Waals surface area contributed by atoms with Crippen LogP contribution < -0.4 is 20.1 Å². The lowest BCUT2D eigenvalue weighted by molar-refractivity contribution is -0.122. The maximum absolute atomic E-state index is 12.6. The minimum atomic E-state index is -0.700. The van der Waals surface area contributed by atoms with Crippen molar-refractivity contribution in [3.8, 4) is 11.5 Å². The van der Waals surface area contributed by atoms with E-state index in [9.17, 15) is 9.59 Å². The number of methoxy groups -OCH3 is 1. The first-order valence-corrected chi connectivity index (χ1v) is 10.4. The summed E-state index contributed by atoms with van der Waals surface area (Å²) >= 11 is 0. The number of nitrogens with one attached hydrogen (secondary N) is 2. The van der Waals surface area contributed by atoms with Gasteiger partial charge in [-0.25, -0.2) is 0 Å². The van der Waals surface area contributed by atoms with Crippen LogP contribution >= 0.6 is 0 Å². The molecule has 6 nitrogen and oxygen atoms in total. The van der Waals surface area contributed by atoms with E-state index in [1.165, 1.54) is 0 Å². The fraction of sp³-hybridized carbons (Fsp3) is 0.231. The number of carbonyl (C=O) groups is 2. The van der Waals surface area contributed by atoms with Crippen molar-refractivity contribution in [2.45, 2.75) is 33.8 Å². The molecule has 0 aliphatic heterocycles. The highest BCUT2D eigenvalue weighted by molar-refractivity contribution is 6.04. The summed E-state index contributed by atoms with van der Waals surface area (Å²) in [4.78, 5) is 25.1. The Hall–Kier alpha value is -3.80. The van der Waals surface area contributed by atoms with E-state index in [1.54, 1.807) is 62.6 Å². The van der Waals surface area contributed by atoms with Crippen LogP contribution in [0, 0.1) is 20.8 Å². The Morgan fingerprint density at radius 2 is 1.38 bits per heavy atom. The fourth-order valence-corrected chi connectivity index (χ4v) is 3.42. The van der Waals surface area contributed by atoms with Crippen molar-refractivity contribution in [1.29, 1.82) is 0 Å². The molecule has 1 unspecified atom stereocenters. The van der Waals surface area contributed by atoms with Gasteiger partial charge in [0.25, 0.3) is 11.8 Å². The van der Waals surface area contributed by atoms with Crippen molar-refractivity contribution in [2.75, 3.05) is 17.7 Å². The molecule has 1 atom stereocenters. The standard InChI is InChI=1S/C26H28N2O4/c1-16-14-17(2)24(18(3)15-16)28-25(29)19(4)32-23-10-6-20(7-11-23)26(30)27-21-8-12-22(31-5)13-9-21/h6-15,19H,1-5H3,(H,27,30)(H,28,29). The van der Waals surface area contributed by atoms with Crippen molar-refractivity contribution in [3.63, 3.8) is 0 Å². The van der Waals surface area contributed by atoms with E-state index in [1.807, 2.05) is 32.9 Å². The average molecular weight is 433 g/mol. The second-order valence-electron chi connectivity index (χ2n) is 7.73. The van der Waals surface area contributed by atoms with Crippen LogP contribution in [0.4, 0.5) is 11.4 Å². The van der Waals surface area contributed by atoms with Gasteiger partial charge in [0.05, 0.1) is 7.11 Å². The molecule has 2 amide bonds. The summed E-state index contributed by atoms with van der Waals surface area (Å²) in [6.45, 7) is 7.66. The number of anilines is 2. The lowest BCUT2D eigenvalue weighted by Crippen LogP contribution is -2.30. The number of hydrogen-bond donors (Lipinski definition) is 2. The highest BCUT2D eigenvalue weighted by Gasteiger charge is 2.17. The normalized spacial score (nSPS) is 11.4. The Kier molecular flexibility index (Phi) is 7.15. The van der Waals surface area contributed by atoms with Gasteiger partial charge in [-0.05, 0) is 87.4 Å². The lowest BCUT2D eigenvalue weighted by atomic mass is 10.0. The Morgan fingerprint density at radius 1 is 0.812 bits per heavy atom. The molecule has 0 saturated heterocycles. The number of rotatable bonds is 7. The molecular weight excluding hydrogens is 404 g/mol. The monoisotopic (exact) mass is 432 g/mol. The van der Waals surface area contributed by atoms with Crippen molar-refractivity contribution in [2.24, 2.45) is 0 Å². The van der Waals surface area contributed by atoms with Gasteiger partial charge < -0.3 is 20.1 Å². The van der Waals surface area contributed by atoms with Gasteiger partial charge in [0, 0.05) is 16.9 Å². The van der Waals surface area contributed by atoms with Crippen LogP contribution in [-0.2, 0) is 4.79 Å². The number of benzene rings is 3. The smallest absolute Gasteiger partial charge is 0.265 e. The number of hydrogen-bond acceptors (Lipinski definition) is 4. The second-order valence-corrected chi connectivity index (χ2v) is 7.73. The zero-order valence-corrected chi connectivity index (χ0v) is 19.0. The molecule has 3 rings (SSSR count). The molecule has 0 radical (unpaired) electrons. The minimum absolute atomic E-state index is 0.235. The largest absolute Gasteiger partial charge is 0.497 e. The molecule has 2 N–H and O–H groups in total. The molecule has 32 heavy (non-hydrogen) atoms. The van der Waals surface area contributed by atoms with Crippen molar-refractivity contribution in [1.82, 2.24) is 0 Å². The summed E-state index contributed by atoms with van der Waals surface area (Å²) in [5.74, 6) is 0.751. The highest BCUT2D eigenvalue weighted by atomic mass is 16.5. The quantitative estimate of drug-likeness (QED) is 0.533. The summed E-state index contributed by atoms with van der Waals surface area (Å²) < 4.78 is 10.9. The van der Waals surface area contributed by atoms with E-state index >= 15 is 0 Å². The molecule has 166 valence electrons. The topological polar surface area (TPSA) is 76.7 Å². The Morgan fingerprint density at radius 3 is 1.94 bits per heavy atom. The summed E-state index contributed by atoms with van der Waals surface area (Å²) in [5.41, 5.74) is 5.13. The third kappa shape index (κ3) is 5.66. The third-order valence-electron chi connectivity index (χ3n) is 5.07. The third-order valence-corrected chi connectivity index (χ3v) is 5.07. The summed E-state index contributed by atoms with van der Waals surface area (Å²) in [6.07, 6.45) is -0.700. The average Bonchev–Trinajstić information content (AvgIpc) is 2.77. The number of aryl methyl sites for hydroxylation is 3.